The maximum absolute atomic E-state index is 13.1. The third kappa shape index (κ3) is 4.50. The molecule has 0 fully saturated rings. The molecule has 0 saturated carbocycles. The number of halogens is 3. The van der Waals surface area contributed by atoms with Crippen LogP contribution in [0.1, 0.15) is 24.4 Å². The summed E-state index contributed by atoms with van der Waals surface area (Å²) < 4.78 is 20.8. The maximum Gasteiger partial charge on any atom is 0.191 e. The highest BCUT2D eigenvalue weighted by Gasteiger charge is 2.18. The van der Waals surface area contributed by atoms with Crippen molar-refractivity contribution >= 4 is 35.0 Å². The van der Waals surface area contributed by atoms with E-state index >= 15 is 0 Å². The van der Waals surface area contributed by atoms with Crippen LogP contribution in [0.3, 0.4) is 0 Å². The van der Waals surface area contributed by atoms with Crippen LogP contribution < -0.4 is 4.74 Å². The predicted molar refractivity (Wildman–Crippen MR) is 102 cm³/mol. The van der Waals surface area contributed by atoms with Crippen LogP contribution in [0.4, 0.5) is 4.39 Å². The van der Waals surface area contributed by atoms with Crippen LogP contribution >= 0.6 is 35.0 Å². The van der Waals surface area contributed by atoms with Gasteiger partial charge in [0.05, 0.1) is 5.02 Å². The largest absolute Gasteiger partial charge is 0.481 e. The van der Waals surface area contributed by atoms with E-state index in [1.165, 1.54) is 18.2 Å². The second-order valence-electron chi connectivity index (χ2n) is 5.65. The van der Waals surface area contributed by atoms with Crippen molar-refractivity contribution in [3.63, 3.8) is 0 Å². The van der Waals surface area contributed by atoms with Crippen molar-refractivity contribution in [1.29, 1.82) is 0 Å². The van der Waals surface area contributed by atoms with Gasteiger partial charge >= 0.3 is 0 Å². The van der Waals surface area contributed by atoms with E-state index in [4.69, 9.17) is 27.9 Å². The maximum atomic E-state index is 13.1. The van der Waals surface area contributed by atoms with E-state index in [1.807, 2.05) is 42.8 Å². The monoisotopic (exact) mass is 411 g/mol. The standard InChI is InChI=1S/C18H16Cl2FN3OS/c1-11(25-16-7-6-14(21)9-15(16)20)17-22-23-18(24(17)2)26-10-12-4-3-5-13(19)8-12/h3-9,11H,10H2,1-2H3. The fourth-order valence-electron chi connectivity index (χ4n) is 2.39. The molecule has 1 atom stereocenters. The molecule has 8 heteroatoms. The number of hydrogen-bond acceptors (Lipinski definition) is 4. The van der Waals surface area contributed by atoms with E-state index in [0.717, 1.165) is 16.5 Å². The number of nitrogens with zero attached hydrogens (tertiary/aromatic N) is 3. The molecular weight excluding hydrogens is 396 g/mol. The highest BCUT2D eigenvalue weighted by Crippen LogP contribution is 2.30. The SMILES string of the molecule is CC(Oc1ccc(F)cc1Cl)c1nnc(SCc2cccc(Cl)c2)n1C. The minimum Gasteiger partial charge on any atom is -0.481 e. The zero-order valence-electron chi connectivity index (χ0n) is 14.1. The van der Waals surface area contributed by atoms with Gasteiger partial charge in [0.25, 0.3) is 0 Å². The van der Waals surface area contributed by atoms with Crippen molar-refractivity contribution in [3.8, 4) is 5.75 Å². The molecule has 0 spiro atoms. The lowest BCUT2D eigenvalue weighted by Gasteiger charge is -2.15. The fourth-order valence-corrected chi connectivity index (χ4v) is 3.68. The van der Waals surface area contributed by atoms with Gasteiger partial charge in [-0.15, -0.1) is 10.2 Å². The number of ether oxygens (including phenoxy) is 1. The summed E-state index contributed by atoms with van der Waals surface area (Å²) >= 11 is 13.6. The molecule has 3 rings (SSSR count). The van der Waals surface area contributed by atoms with Crippen LogP contribution in [-0.2, 0) is 12.8 Å². The quantitative estimate of drug-likeness (QED) is 0.488. The van der Waals surface area contributed by atoms with Crippen LogP contribution in [-0.4, -0.2) is 14.8 Å². The molecule has 0 radical (unpaired) electrons. The number of rotatable bonds is 6. The van der Waals surface area contributed by atoms with E-state index < -0.39 is 11.9 Å². The van der Waals surface area contributed by atoms with E-state index in [9.17, 15) is 4.39 Å². The van der Waals surface area contributed by atoms with Gasteiger partial charge < -0.3 is 9.30 Å². The highest BCUT2D eigenvalue weighted by atomic mass is 35.5. The molecule has 0 N–H and O–H groups in total. The summed E-state index contributed by atoms with van der Waals surface area (Å²) in [4.78, 5) is 0. The topological polar surface area (TPSA) is 39.9 Å². The molecule has 0 aliphatic rings. The lowest BCUT2D eigenvalue weighted by molar-refractivity contribution is 0.211. The first-order valence-corrected chi connectivity index (χ1v) is 9.56. The highest BCUT2D eigenvalue weighted by molar-refractivity contribution is 7.98. The summed E-state index contributed by atoms with van der Waals surface area (Å²) in [5.41, 5.74) is 1.11. The summed E-state index contributed by atoms with van der Waals surface area (Å²) in [6.45, 7) is 1.84. The smallest absolute Gasteiger partial charge is 0.191 e. The summed E-state index contributed by atoms with van der Waals surface area (Å²) in [6.07, 6.45) is -0.393. The Morgan fingerprint density at radius 2 is 2.00 bits per heavy atom. The summed E-state index contributed by atoms with van der Waals surface area (Å²) in [5, 5.41) is 10.1. The Labute approximate surface area is 165 Å². The molecule has 26 heavy (non-hydrogen) atoms. The van der Waals surface area contributed by atoms with Gasteiger partial charge in [0.1, 0.15) is 11.6 Å². The molecule has 0 saturated heterocycles. The molecule has 2 aromatic carbocycles. The molecule has 0 amide bonds. The van der Waals surface area contributed by atoms with E-state index in [0.29, 0.717) is 16.6 Å². The summed E-state index contributed by atoms with van der Waals surface area (Å²) in [7, 11) is 1.88. The van der Waals surface area contributed by atoms with E-state index in [-0.39, 0.29) is 5.02 Å². The molecule has 3 aromatic rings. The van der Waals surface area contributed by atoms with Crippen molar-refractivity contribution < 1.29 is 9.13 Å². The van der Waals surface area contributed by atoms with Crippen LogP contribution in [0.25, 0.3) is 0 Å². The normalized spacial score (nSPS) is 12.2. The van der Waals surface area contributed by atoms with Gasteiger partial charge in [0.15, 0.2) is 17.1 Å². The molecule has 1 heterocycles. The molecule has 4 nitrogen and oxygen atoms in total. The van der Waals surface area contributed by atoms with Crippen LogP contribution in [0.15, 0.2) is 47.6 Å². The predicted octanol–water partition coefficient (Wildman–Crippen LogP) is 5.69. The molecule has 0 bridgehead atoms. The summed E-state index contributed by atoms with van der Waals surface area (Å²) in [5.74, 6) is 1.37. The zero-order valence-corrected chi connectivity index (χ0v) is 16.4. The minimum atomic E-state index is -0.409. The Morgan fingerprint density at radius 3 is 2.73 bits per heavy atom. The third-order valence-electron chi connectivity index (χ3n) is 3.69. The Balaban J connectivity index is 1.69. The van der Waals surface area contributed by atoms with Gasteiger partial charge in [-0.05, 0) is 42.8 Å². The van der Waals surface area contributed by atoms with Gasteiger partial charge in [-0.1, -0.05) is 47.1 Å². The Kier molecular flexibility index (Phi) is 6.06. The van der Waals surface area contributed by atoms with Gasteiger partial charge in [-0.2, -0.15) is 0 Å². The van der Waals surface area contributed by atoms with Crippen LogP contribution in [0.5, 0.6) is 5.75 Å². The Morgan fingerprint density at radius 1 is 1.19 bits per heavy atom. The fraction of sp³-hybridized carbons (Fsp3) is 0.222. The first-order chi connectivity index (χ1) is 12.4. The Bertz CT molecular complexity index is 919. The number of hydrogen-bond donors (Lipinski definition) is 0. The molecule has 1 aromatic heterocycles. The van der Waals surface area contributed by atoms with E-state index in [2.05, 4.69) is 10.2 Å². The van der Waals surface area contributed by atoms with Crippen molar-refractivity contribution in [2.24, 2.45) is 7.05 Å². The van der Waals surface area contributed by atoms with Crippen molar-refractivity contribution in [2.45, 2.75) is 23.9 Å². The molecule has 0 aliphatic carbocycles. The number of thioether (sulfide) groups is 1. The van der Waals surface area contributed by atoms with E-state index in [1.54, 1.807) is 11.8 Å². The first-order valence-electron chi connectivity index (χ1n) is 7.82. The lowest BCUT2D eigenvalue weighted by atomic mass is 10.2. The van der Waals surface area contributed by atoms with Crippen molar-refractivity contribution in [3.05, 3.63) is 69.7 Å². The average molecular weight is 412 g/mol. The molecule has 136 valence electrons. The first kappa shape index (κ1) is 19.0. The van der Waals surface area contributed by atoms with Crippen LogP contribution in [0.2, 0.25) is 10.0 Å². The molecule has 1 unspecified atom stereocenters. The molecular formula is C18H16Cl2FN3OS. The lowest BCUT2D eigenvalue weighted by Crippen LogP contribution is -2.10. The second-order valence-corrected chi connectivity index (χ2v) is 7.44. The third-order valence-corrected chi connectivity index (χ3v) is 5.31. The average Bonchev–Trinajstić information content (AvgIpc) is 2.96. The van der Waals surface area contributed by atoms with Crippen molar-refractivity contribution in [2.75, 3.05) is 0 Å². The van der Waals surface area contributed by atoms with Crippen LogP contribution in [0, 0.1) is 5.82 Å². The Hall–Kier alpha value is -1.76. The van der Waals surface area contributed by atoms with Gasteiger partial charge in [-0.3, -0.25) is 0 Å². The minimum absolute atomic E-state index is 0.217. The van der Waals surface area contributed by atoms with Gasteiger partial charge in [0, 0.05) is 17.8 Å². The number of aromatic nitrogens is 3. The second kappa shape index (κ2) is 8.29. The summed E-state index contributed by atoms with van der Waals surface area (Å²) in [6, 6.07) is 11.7. The number of benzene rings is 2. The van der Waals surface area contributed by atoms with Gasteiger partial charge in [-0.25, -0.2) is 4.39 Å². The van der Waals surface area contributed by atoms with Crippen molar-refractivity contribution in [1.82, 2.24) is 14.8 Å². The zero-order chi connectivity index (χ0) is 18.7. The molecule has 0 aliphatic heterocycles. The van der Waals surface area contributed by atoms with Gasteiger partial charge in [0.2, 0.25) is 0 Å².